The molecule has 1 heterocycles. The number of hydrogen-bond acceptors (Lipinski definition) is 2. The molecule has 130 valence electrons. The number of ketones is 1. The van der Waals surface area contributed by atoms with Crippen molar-refractivity contribution in [3.05, 3.63) is 90.0 Å². The molecule has 0 bridgehead atoms. The van der Waals surface area contributed by atoms with Gasteiger partial charge in [0.2, 0.25) is 0 Å². The molecule has 0 saturated carbocycles. The van der Waals surface area contributed by atoms with Gasteiger partial charge in [-0.15, -0.1) is 0 Å². The molecule has 1 atom stereocenters. The number of carbonyl (C=O) groups is 1. The number of anilines is 1. The number of nitrogens with zero attached hydrogens (tertiary/aromatic N) is 1. The number of fused-ring (bicyclic) bond motifs is 1. The van der Waals surface area contributed by atoms with Crippen LogP contribution in [0.1, 0.15) is 30.5 Å². The summed E-state index contributed by atoms with van der Waals surface area (Å²) in [6.45, 7) is 2.63. The molecule has 3 aromatic rings. The van der Waals surface area contributed by atoms with E-state index in [1.54, 1.807) is 6.92 Å². The molecule has 0 spiro atoms. The molecule has 0 N–H and O–H groups in total. The second kappa shape index (κ2) is 7.17. The number of Topliss-reactive ketones (excluding diaryl/α,β-unsaturated/α-hetero) is 1. The molecule has 1 aliphatic rings. The topological polar surface area (TPSA) is 20.3 Å². The summed E-state index contributed by atoms with van der Waals surface area (Å²) in [5, 5.41) is 0. The molecule has 26 heavy (non-hydrogen) atoms. The van der Waals surface area contributed by atoms with E-state index in [2.05, 4.69) is 77.7 Å². The van der Waals surface area contributed by atoms with Gasteiger partial charge in [0.1, 0.15) is 5.78 Å². The molecule has 2 heteroatoms. The van der Waals surface area contributed by atoms with Gasteiger partial charge in [-0.2, -0.15) is 0 Å². The Labute approximate surface area is 155 Å². The molecular weight excluding hydrogens is 318 g/mol. The second-order valence-corrected chi connectivity index (χ2v) is 6.98. The third-order valence-electron chi connectivity index (χ3n) is 5.20. The van der Waals surface area contributed by atoms with Crippen LogP contribution < -0.4 is 4.90 Å². The number of rotatable bonds is 4. The van der Waals surface area contributed by atoms with E-state index in [4.69, 9.17) is 0 Å². The van der Waals surface area contributed by atoms with Crippen LogP contribution in [0.4, 0.5) is 5.69 Å². The maximum absolute atomic E-state index is 11.9. The number of carbonyl (C=O) groups excluding carboxylic acids is 1. The van der Waals surface area contributed by atoms with Crippen molar-refractivity contribution in [2.24, 2.45) is 0 Å². The third kappa shape index (κ3) is 3.28. The quantitative estimate of drug-likeness (QED) is 0.630. The molecule has 2 nitrogen and oxygen atoms in total. The van der Waals surface area contributed by atoms with Gasteiger partial charge in [0.25, 0.3) is 0 Å². The Hall–Kier alpha value is -2.87. The highest BCUT2D eigenvalue weighted by atomic mass is 16.1. The Morgan fingerprint density at radius 1 is 0.885 bits per heavy atom. The van der Waals surface area contributed by atoms with Crippen LogP contribution in [0.3, 0.4) is 0 Å². The minimum absolute atomic E-state index is 0.125. The zero-order chi connectivity index (χ0) is 17.9. The third-order valence-corrected chi connectivity index (χ3v) is 5.20. The van der Waals surface area contributed by atoms with E-state index in [9.17, 15) is 4.79 Å². The van der Waals surface area contributed by atoms with Crippen molar-refractivity contribution in [3.63, 3.8) is 0 Å². The van der Waals surface area contributed by atoms with Gasteiger partial charge < -0.3 is 4.90 Å². The number of hydrogen-bond donors (Lipinski definition) is 0. The minimum atomic E-state index is 0.125. The Morgan fingerprint density at radius 3 is 2.27 bits per heavy atom. The van der Waals surface area contributed by atoms with Crippen molar-refractivity contribution in [1.29, 1.82) is 0 Å². The summed E-state index contributed by atoms with van der Waals surface area (Å²) in [7, 11) is 0. The number of benzene rings is 3. The Kier molecular flexibility index (Phi) is 4.57. The lowest BCUT2D eigenvalue weighted by Gasteiger charge is -2.39. The van der Waals surface area contributed by atoms with E-state index in [1.807, 2.05) is 6.07 Å². The first-order chi connectivity index (χ1) is 12.7. The van der Waals surface area contributed by atoms with Gasteiger partial charge in [0.05, 0.1) is 6.04 Å². The molecule has 0 amide bonds. The predicted octanol–water partition coefficient (Wildman–Crippen LogP) is 5.44. The van der Waals surface area contributed by atoms with E-state index in [0.29, 0.717) is 6.42 Å². The monoisotopic (exact) mass is 341 g/mol. The summed E-state index contributed by atoms with van der Waals surface area (Å²) in [6.07, 6.45) is 1.57. The molecule has 1 unspecified atom stereocenters. The smallest absolute Gasteiger partial charge is 0.132 e. The van der Waals surface area contributed by atoms with Crippen LogP contribution in [0.5, 0.6) is 0 Å². The summed E-state index contributed by atoms with van der Waals surface area (Å²) in [4.78, 5) is 14.3. The molecule has 0 radical (unpaired) electrons. The fourth-order valence-electron chi connectivity index (χ4n) is 3.93. The van der Waals surface area contributed by atoms with Crippen LogP contribution in [0, 0.1) is 0 Å². The molecule has 0 aromatic heterocycles. The molecule has 0 saturated heterocycles. The first-order valence-corrected chi connectivity index (χ1v) is 9.22. The first kappa shape index (κ1) is 16.6. The molecule has 3 aromatic carbocycles. The van der Waals surface area contributed by atoms with E-state index >= 15 is 0 Å². The lowest BCUT2D eigenvalue weighted by atomic mass is 9.89. The van der Waals surface area contributed by atoms with Crippen molar-refractivity contribution in [2.45, 2.75) is 25.8 Å². The lowest BCUT2D eigenvalue weighted by molar-refractivity contribution is -0.117. The molecule has 1 aliphatic heterocycles. The lowest BCUT2D eigenvalue weighted by Crippen LogP contribution is -2.36. The minimum Gasteiger partial charge on any atom is -0.364 e. The fourth-order valence-corrected chi connectivity index (χ4v) is 3.93. The van der Waals surface area contributed by atoms with E-state index in [1.165, 1.54) is 27.9 Å². The summed E-state index contributed by atoms with van der Waals surface area (Å²) in [5.74, 6) is 0.234. The summed E-state index contributed by atoms with van der Waals surface area (Å²) < 4.78 is 0. The van der Waals surface area contributed by atoms with Crippen LogP contribution in [0.15, 0.2) is 78.9 Å². The molecule has 0 fully saturated rings. The predicted molar refractivity (Wildman–Crippen MR) is 107 cm³/mol. The zero-order valence-electron chi connectivity index (χ0n) is 15.1. The average molecular weight is 341 g/mol. The maximum Gasteiger partial charge on any atom is 0.132 e. The fraction of sp³-hybridized carbons (Fsp3) is 0.208. The van der Waals surface area contributed by atoms with Gasteiger partial charge in [-0.1, -0.05) is 66.7 Å². The van der Waals surface area contributed by atoms with E-state index < -0.39 is 0 Å². The van der Waals surface area contributed by atoms with Crippen LogP contribution in [-0.4, -0.2) is 12.3 Å². The molecule has 4 rings (SSSR count). The SMILES string of the molecule is CC(=O)CC1c2ccccc2CCN1c1ccc(-c2ccccc2)cc1. The van der Waals surface area contributed by atoms with Gasteiger partial charge in [-0.3, -0.25) is 4.79 Å². The van der Waals surface area contributed by atoms with Crippen LogP contribution in [-0.2, 0) is 11.2 Å². The van der Waals surface area contributed by atoms with Gasteiger partial charge in [-0.05, 0) is 47.7 Å². The summed E-state index contributed by atoms with van der Waals surface area (Å²) in [6, 6.07) is 27.8. The summed E-state index contributed by atoms with van der Waals surface area (Å²) >= 11 is 0. The molecular formula is C24H23NO. The van der Waals surface area contributed by atoms with Crippen molar-refractivity contribution in [2.75, 3.05) is 11.4 Å². The van der Waals surface area contributed by atoms with Gasteiger partial charge >= 0.3 is 0 Å². The van der Waals surface area contributed by atoms with Crippen molar-refractivity contribution < 1.29 is 4.79 Å². The van der Waals surface area contributed by atoms with Gasteiger partial charge in [-0.25, -0.2) is 0 Å². The molecule has 0 aliphatic carbocycles. The van der Waals surface area contributed by atoms with Crippen molar-refractivity contribution in [3.8, 4) is 11.1 Å². The van der Waals surface area contributed by atoms with Crippen molar-refractivity contribution >= 4 is 11.5 Å². The highest BCUT2D eigenvalue weighted by molar-refractivity contribution is 5.77. The normalized spacial score (nSPS) is 16.2. The van der Waals surface area contributed by atoms with E-state index in [-0.39, 0.29) is 11.8 Å². The zero-order valence-corrected chi connectivity index (χ0v) is 15.1. The summed E-state index contributed by atoms with van der Waals surface area (Å²) in [5.41, 5.74) is 6.29. The second-order valence-electron chi connectivity index (χ2n) is 6.98. The average Bonchev–Trinajstić information content (AvgIpc) is 2.69. The van der Waals surface area contributed by atoms with Crippen LogP contribution >= 0.6 is 0 Å². The van der Waals surface area contributed by atoms with Crippen LogP contribution in [0.2, 0.25) is 0 Å². The van der Waals surface area contributed by atoms with Crippen molar-refractivity contribution in [1.82, 2.24) is 0 Å². The Morgan fingerprint density at radius 2 is 1.54 bits per heavy atom. The highest BCUT2D eigenvalue weighted by Crippen LogP contribution is 2.36. The Bertz CT molecular complexity index is 899. The largest absolute Gasteiger partial charge is 0.364 e. The van der Waals surface area contributed by atoms with Crippen LogP contribution in [0.25, 0.3) is 11.1 Å². The van der Waals surface area contributed by atoms with E-state index in [0.717, 1.165) is 13.0 Å². The standard InChI is InChI=1S/C24H23NO/c1-18(26)17-24-23-10-6-5-9-21(23)15-16-25(24)22-13-11-20(12-14-22)19-7-3-2-4-8-19/h2-14,24H,15-17H2,1H3. The first-order valence-electron chi connectivity index (χ1n) is 9.22. The highest BCUT2D eigenvalue weighted by Gasteiger charge is 2.28. The maximum atomic E-state index is 11.9. The van der Waals surface area contributed by atoms with Gasteiger partial charge in [0.15, 0.2) is 0 Å². The van der Waals surface area contributed by atoms with Gasteiger partial charge in [0, 0.05) is 18.7 Å². The Balaban J connectivity index is 1.66.